The number of rotatable bonds is 8. The SMILES string of the molecule is Cc1nnc(SCC(=O)N(Cc2ccccc2)c2nc(-c3ccc(Cl)cc3)cs2)n1-c1ccccc1. The van der Waals surface area contributed by atoms with Crippen molar-refractivity contribution in [2.75, 3.05) is 10.7 Å². The van der Waals surface area contributed by atoms with E-state index in [0.29, 0.717) is 21.9 Å². The Kier molecular flexibility index (Phi) is 7.46. The molecule has 0 aliphatic rings. The van der Waals surface area contributed by atoms with Gasteiger partial charge in [0.15, 0.2) is 10.3 Å². The monoisotopic (exact) mass is 531 g/mol. The molecule has 0 fully saturated rings. The number of thiazole rings is 1. The lowest BCUT2D eigenvalue weighted by atomic mass is 10.2. The second-order valence-electron chi connectivity index (χ2n) is 7.98. The number of para-hydroxylation sites is 1. The van der Waals surface area contributed by atoms with Crippen LogP contribution in [0.4, 0.5) is 5.13 Å². The van der Waals surface area contributed by atoms with E-state index in [0.717, 1.165) is 28.3 Å². The number of nitrogens with zero attached hydrogens (tertiary/aromatic N) is 5. The molecule has 0 aliphatic heterocycles. The highest BCUT2D eigenvalue weighted by molar-refractivity contribution is 7.99. The third kappa shape index (κ3) is 5.51. The molecule has 0 saturated heterocycles. The Morgan fingerprint density at radius 3 is 2.39 bits per heavy atom. The Morgan fingerprint density at radius 2 is 1.67 bits per heavy atom. The van der Waals surface area contributed by atoms with E-state index >= 15 is 0 Å². The van der Waals surface area contributed by atoms with Crippen LogP contribution in [0, 0.1) is 6.92 Å². The predicted molar refractivity (Wildman–Crippen MR) is 147 cm³/mol. The fourth-order valence-corrected chi connectivity index (χ4v) is 5.53. The number of thioether (sulfide) groups is 1. The van der Waals surface area contributed by atoms with Crippen molar-refractivity contribution >= 4 is 45.7 Å². The van der Waals surface area contributed by atoms with Gasteiger partial charge in [0, 0.05) is 21.7 Å². The fraction of sp³-hybridized carbons (Fsp3) is 0.111. The lowest BCUT2D eigenvalue weighted by Crippen LogP contribution is -2.32. The molecular weight excluding hydrogens is 510 g/mol. The van der Waals surface area contributed by atoms with Crippen LogP contribution in [0.2, 0.25) is 5.02 Å². The Morgan fingerprint density at radius 1 is 0.972 bits per heavy atom. The summed E-state index contributed by atoms with van der Waals surface area (Å²) in [5.74, 6) is 0.916. The molecule has 1 amide bonds. The third-order valence-corrected chi connectivity index (χ3v) is 7.51. The van der Waals surface area contributed by atoms with Crippen molar-refractivity contribution < 1.29 is 4.79 Å². The van der Waals surface area contributed by atoms with Gasteiger partial charge in [0.05, 0.1) is 18.0 Å². The Balaban J connectivity index is 1.39. The lowest BCUT2D eigenvalue weighted by molar-refractivity contribution is -0.116. The first-order chi connectivity index (χ1) is 17.6. The summed E-state index contributed by atoms with van der Waals surface area (Å²) >= 11 is 8.86. The van der Waals surface area contributed by atoms with Crippen LogP contribution in [-0.2, 0) is 11.3 Å². The van der Waals surface area contributed by atoms with E-state index in [2.05, 4.69) is 10.2 Å². The van der Waals surface area contributed by atoms with E-state index < -0.39 is 0 Å². The summed E-state index contributed by atoms with van der Waals surface area (Å²) in [6, 6.07) is 27.4. The molecule has 5 aromatic rings. The lowest BCUT2D eigenvalue weighted by Gasteiger charge is -2.20. The van der Waals surface area contributed by atoms with Gasteiger partial charge >= 0.3 is 0 Å². The molecule has 9 heteroatoms. The highest BCUT2D eigenvalue weighted by Crippen LogP contribution is 2.30. The molecule has 0 unspecified atom stereocenters. The number of anilines is 1. The van der Waals surface area contributed by atoms with Gasteiger partial charge in [0.2, 0.25) is 5.91 Å². The van der Waals surface area contributed by atoms with Crippen LogP contribution in [0.1, 0.15) is 11.4 Å². The van der Waals surface area contributed by atoms with E-state index in [4.69, 9.17) is 16.6 Å². The summed E-state index contributed by atoms with van der Waals surface area (Å²) in [5.41, 5.74) is 3.76. The molecule has 0 atom stereocenters. The van der Waals surface area contributed by atoms with E-state index in [1.54, 1.807) is 4.90 Å². The molecule has 6 nitrogen and oxygen atoms in total. The Labute approximate surface area is 222 Å². The average Bonchev–Trinajstić information content (AvgIpc) is 3.54. The third-order valence-electron chi connectivity index (χ3n) is 5.48. The first kappa shape index (κ1) is 24.2. The molecule has 2 heterocycles. The number of halogens is 1. The van der Waals surface area contributed by atoms with Gasteiger partial charge in [-0.25, -0.2) is 4.98 Å². The maximum atomic E-state index is 13.6. The first-order valence-corrected chi connectivity index (χ1v) is 13.5. The highest BCUT2D eigenvalue weighted by atomic mass is 35.5. The quantitative estimate of drug-likeness (QED) is 0.209. The number of carbonyl (C=O) groups excluding carboxylic acids is 1. The number of aromatic nitrogens is 4. The van der Waals surface area contributed by atoms with Gasteiger partial charge < -0.3 is 0 Å². The molecule has 0 N–H and O–H groups in total. The summed E-state index contributed by atoms with van der Waals surface area (Å²) in [4.78, 5) is 20.1. The minimum atomic E-state index is -0.0545. The van der Waals surface area contributed by atoms with Crippen molar-refractivity contribution in [1.29, 1.82) is 0 Å². The van der Waals surface area contributed by atoms with Crippen LogP contribution in [0.5, 0.6) is 0 Å². The van der Waals surface area contributed by atoms with Crippen LogP contribution in [0.15, 0.2) is 95.5 Å². The Hall–Kier alpha value is -3.46. The van der Waals surface area contributed by atoms with E-state index in [1.165, 1.54) is 23.1 Å². The van der Waals surface area contributed by atoms with Crippen molar-refractivity contribution in [3.05, 3.63) is 107 Å². The van der Waals surface area contributed by atoms with Crippen molar-refractivity contribution in [3.8, 4) is 16.9 Å². The standard InChI is InChI=1S/C27H22ClN5OS2/c1-19-30-31-27(33(19)23-10-6-3-7-11-23)36-18-25(34)32(16-20-8-4-2-5-9-20)26-29-24(17-35-26)21-12-14-22(28)15-13-21/h2-15,17H,16,18H2,1H3. The largest absolute Gasteiger partial charge is 0.283 e. The van der Waals surface area contributed by atoms with Crippen LogP contribution >= 0.6 is 34.7 Å². The molecule has 5 rings (SSSR count). The van der Waals surface area contributed by atoms with E-state index in [-0.39, 0.29) is 11.7 Å². The second-order valence-corrected chi connectivity index (χ2v) is 10.2. The summed E-state index contributed by atoms with van der Waals surface area (Å²) in [5, 5.41) is 12.5. The van der Waals surface area contributed by atoms with Gasteiger partial charge in [-0.2, -0.15) is 0 Å². The smallest absolute Gasteiger partial charge is 0.239 e. The van der Waals surface area contributed by atoms with Crippen LogP contribution in [-0.4, -0.2) is 31.4 Å². The van der Waals surface area contributed by atoms with Crippen LogP contribution in [0.25, 0.3) is 16.9 Å². The molecule has 2 aromatic heterocycles. The van der Waals surface area contributed by atoms with Crippen molar-refractivity contribution in [2.45, 2.75) is 18.6 Å². The molecular formula is C27H22ClN5OS2. The van der Waals surface area contributed by atoms with Crippen molar-refractivity contribution in [3.63, 3.8) is 0 Å². The van der Waals surface area contributed by atoms with Gasteiger partial charge in [-0.1, -0.05) is 84.0 Å². The minimum Gasteiger partial charge on any atom is -0.283 e. The number of aryl methyl sites for hydroxylation is 1. The Bertz CT molecular complexity index is 1450. The zero-order valence-electron chi connectivity index (χ0n) is 19.4. The van der Waals surface area contributed by atoms with Gasteiger partial charge in [-0.15, -0.1) is 21.5 Å². The zero-order valence-corrected chi connectivity index (χ0v) is 21.8. The zero-order chi connectivity index (χ0) is 24.9. The van der Waals surface area contributed by atoms with Gasteiger partial charge in [-0.05, 0) is 36.8 Å². The summed E-state index contributed by atoms with van der Waals surface area (Å²) < 4.78 is 1.96. The predicted octanol–water partition coefficient (Wildman–Crippen LogP) is 6.68. The van der Waals surface area contributed by atoms with E-state index in [9.17, 15) is 4.79 Å². The number of hydrogen-bond acceptors (Lipinski definition) is 6. The van der Waals surface area contributed by atoms with Gasteiger partial charge in [-0.3, -0.25) is 14.3 Å². The number of hydrogen-bond donors (Lipinski definition) is 0. The summed E-state index contributed by atoms with van der Waals surface area (Å²) in [7, 11) is 0. The molecule has 3 aromatic carbocycles. The highest BCUT2D eigenvalue weighted by Gasteiger charge is 2.22. The summed E-state index contributed by atoms with van der Waals surface area (Å²) in [6.45, 7) is 2.33. The molecule has 0 radical (unpaired) electrons. The minimum absolute atomic E-state index is 0.0545. The van der Waals surface area contributed by atoms with Crippen molar-refractivity contribution in [2.24, 2.45) is 0 Å². The van der Waals surface area contributed by atoms with Gasteiger partial charge in [0.1, 0.15) is 5.82 Å². The topological polar surface area (TPSA) is 63.9 Å². The van der Waals surface area contributed by atoms with Crippen molar-refractivity contribution in [1.82, 2.24) is 19.7 Å². The number of carbonyl (C=O) groups is 1. The van der Waals surface area contributed by atoms with Crippen LogP contribution in [0.3, 0.4) is 0 Å². The first-order valence-electron chi connectivity index (χ1n) is 11.2. The molecule has 0 saturated carbocycles. The second kappa shape index (κ2) is 11.1. The number of amides is 1. The van der Waals surface area contributed by atoms with Gasteiger partial charge in [0.25, 0.3) is 0 Å². The maximum absolute atomic E-state index is 13.6. The maximum Gasteiger partial charge on any atom is 0.239 e. The molecule has 0 aliphatic carbocycles. The molecule has 180 valence electrons. The molecule has 0 spiro atoms. The van der Waals surface area contributed by atoms with Crippen LogP contribution < -0.4 is 4.90 Å². The normalized spacial score (nSPS) is 10.9. The fourth-order valence-electron chi connectivity index (χ4n) is 3.68. The molecule has 36 heavy (non-hydrogen) atoms. The number of benzene rings is 3. The van der Waals surface area contributed by atoms with E-state index in [1.807, 2.05) is 102 Å². The molecule has 0 bridgehead atoms. The average molecular weight is 532 g/mol. The summed E-state index contributed by atoms with van der Waals surface area (Å²) in [6.07, 6.45) is 0.